The SMILES string of the molecule is NC(=O)C[C@@H](NC(=O)C(N)Cc1ccc(O)cc1)C(=O)O. The number of nitrogens with one attached hydrogen (secondary N) is 1. The highest BCUT2D eigenvalue weighted by molar-refractivity contribution is 5.90. The van der Waals surface area contributed by atoms with Gasteiger partial charge in [0.1, 0.15) is 11.8 Å². The maximum absolute atomic E-state index is 11.8. The minimum absolute atomic E-state index is 0.0872. The van der Waals surface area contributed by atoms with Crippen molar-refractivity contribution in [3.63, 3.8) is 0 Å². The molecule has 1 unspecified atom stereocenters. The van der Waals surface area contributed by atoms with Gasteiger partial charge in [0.2, 0.25) is 11.8 Å². The zero-order valence-electron chi connectivity index (χ0n) is 11.2. The zero-order valence-corrected chi connectivity index (χ0v) is 11.2. The number of aromatic hydroxyl groups is 1. The lowest BCUT2D eigenvalue weighted by Gasteiger charge is -2.16. The molecule has 2 atom stereocenters. The number of carboxylic acid groups (broad SMARTS) is 1. The number of phenols is 1. The molecule has 1 aromatic rings. The molecule has 0 aliphatic carbocycles. The molecule has 1 rings (SSSR count). The van der Waals surface area contributed by atoms with Crippen LogP contribution in [-0.4, -0.2) is 40.1 Å². The Bertz CT molecular complexity index is 529. The number of aliphatic carboxylic acids is 1. The van der Waals surface area contributed by atoms with E-state index >= 15 is 0 Å². The summed E-state index contributed by atoms with van der Waals surface area (Å²) in [7, 11) is 0. The van der Waals surface area contributed by atoms with Crippen LogP contribution in [0.3, 0.4) is 0 Å². The smallest absolute Gasteiger partial charge is 0.326 e. The van der Waals surface area contributed by atoms with E-state index < -0.39 is 36.3 Å². The van der Waals surface area contributed by atoms with Gasteiger partial charge in [-0.15, -0.1) is 0 Å². The van der Waals surface area contributed by atoms with E-state index in [1.54, 1.807) is 12.1 Å². The van der Waals surface area contributed by atoms with Crippen molar-refractivity contribution in [3.05, 3.63) is 29.8 Å². The third-order valence-corrected chi connectivity index (χ3v) is 2.75. The highest BCUT2D eigenvalue weighted by Gasteiger charge is 2.24. The van der Waals surface area contributed by atoms with Gasteiger partial charge in [0.15, 0.2) is 0 Å². The summed E-state index contributed by atoms with van der Waals surface area (Å²) < 4.78 is 0. The van der Waals surface area contributed by atoms with Gasteiger partial charge in [-0.05, 0) is 24.1 Å². The van der Waals surface area contributed by atoms with Gasteiger partial charge in [0.25, 0.3) is 0 Å². The van der Waals surface area contributed by atoms with Gasteiger partial charge in [-0.25, -0.2) is 4.79 Å². The number of carboxylic acids is 1. The highest BCUT2D eigenvalue weighted by Crippen LogP contribution is 2.11. The Labute approximate surface area is 120 Å². The predicted molar refractivity (Wildman–Crippen MR) is 73.2 cm³/mol. The van der Waals surface area contributed by atoms with E-state index in [0.717, 1.165) is 0 Å². The van der Waals surface area contributed by atoms with Crippen LogP contribution >= 0.6 is 0 Å². The van der Waals surface area contributed by atoms with Crippen molar-refractivity contribution in [3.8, 4) is 5.75 Å². The normalized spacial score (nSPS) is 13.2. The van der Waals surface area contributed by atoms with Crippen LogP contribution in [0.4, 0.5) is 0 Å². The maximum atomic E-state index is 11.8. The number of primary amides is 1. The molecule has 8 heteroatoms. The maximum Gasteiger partial charge on any atom is 0.326 e. The lowest BCUT2D eigenvalue weighted by Crippen LogP contribution is -2.50. The number of hydrogen-bond donors (Lipinski definition) is 5. The number of carbonyl (C=O) groups excluding carboxylic acids is 2. The second-order valence-electron chi connectivity index (χ2n) is 4.55. The molecule has 0 heterocycles. The van der Waals surface area contributed by atoms with Gasteiger partial charge in [0, 0.05) is 0 Å². The van der Waals surface area contributed by atoms with Crippen molar-refractivity contribution in [2.75, 3.05) is 0 Å². The van der Waals surface area contributed by atoms with E-state index in [-0.39, 0.29) is 12.2 Å². The molecule has 0 aliphatic heterocycles. The van der Waals surface area contributed by atoms with Crippen molar-refractivity contribution in [2.24, 2.45) is 11.5 Å². The monoisotopic (exact) mass is 295 g/mol. The zero-order chi connectivity index (χ0) is 16.0. The molecule has 0 spiro atoms. The Hall–Kier alpha value is -2.61. The molecule has 0 saturated carbocycles. The van der Waals surface area contributed by atoms with E-state index in [1.165, 1.54) is 12.1 Å². The van der Waals surface area contributed by atoms with Crippen molar-refractivity contribution in [2.45, 2.75) is 24.9 Å². The highest BCUT2D eigenvalue weighted by atomic mass is 16.4. The van der Waals surface area contributed by atoms with Crippen LogP contribution in [0.25, 0.3) is 0 Å². The topological polar surface area (TPSA) is 156 Å². The number of hydrogen-bond acceptors (Lipinski definition) is 5. The van der Waals surface area contributed by atoms with Crippen molar-refractivity contribution >= 4 is 17.8 Å². The first-order valence-electron chi connectivity index (χ1n) is 6.14. The Morgan fingerprint density at radius 1 is 1.19 bits per heavy atom. The fourth-order valence-corrected chi connectivity index (χ4v) is 1.66. The molecule has 0 fully saturated rings. The molecule has 2 amide bonds. The summed E-state index contributed by atoms with van der Waals surface area (Å²) in [5.74, 6) is -2.81. The molecule has 0 bridgehead atoms. The fraction of sp³-hybridized carbons (Fsp3) is 0.308. The lowest BCUT2D eigenvalue weighted by molar-refractivity contribution is -0.143. The van der Waals surface area contributed by atoms with Crippen LogP contribution in [0, 0.1) is 0 Å². The lowest BCUT2D eigenvalue weighted by atomic mass is 10.1. The molecule has 114 valence electrons. The van der Waals surface area contributed by atoms with Crippen molar-refractivity contribution in [1.29, 1.82) is 0 Å². The summed E-state index contributed by atoms with van der Waals surface area (Å²) in [5, 5.41) is 20.2. The average Bonchev–Trinajstić information content (AvgIpc) is 2.39. The molecule has 0 radical (unpaired) electrons. The van der Waals surface area contributed by atoms with Gasteiger partial charge >= 0.3 is 5.97 Å². The molecule has 7 N–H and O–H groups in total. The molecule has 8 nitrogen and oxygen atoms in total. The molecule has 21 heavy (non-hydrogen) atoms. The molecule has 0 saturated heterocycles. The van der Waals surface area contributed by atoms with E-state index in [1.807, 2.05) is 0 Å². The predicted octanol–water partition coefficient (Wildman–Crippen LogP) is -1.29. The summed E-state index contributed by atoms with van der Waals surface area (Å²) in [6.07, 6.45) is -0.345. The summed E-state index contributed by atoms with van der Waals surface area (Å²) in [6, 6.07) is 3.71. The quantitative estimate of drug-likeness (QED) is 0.421. The molecule has 0 aromatic heterocycles. The Kier molecular flexibility index (Phi) is 5.67. The first kappa shape index (κ1) is 16.4. The Morgan fingerprint density at radius 2 is 1.76 bits per heavy atom. The summed E-state index contributed by atoms with van der Waals surface area (Å²) in [6.45, 7) is 0. The number of amides is 2. The third-order valence-electron chi connectivity index (χ3n) is 2.75. The number of benzene rings is 1. The summed E-state index contributed by atoms with van der Waals surface area (Å²) in [5.41, 5.74) is 11.3. The summed E-state index contributed by atoms with van der Waals surface area (Å²) >= 11 is 0. The van der Waals surface area contributed by atoms with Crippen molar-refractivity contribution < 1.29 is 24.6 Å². The molecule has 0 aliphatic rings. The van der Waals surface area contributed by atoms with Crippen LogP contribution in [-0.2, 0) is 20.8 Å². The second kappa shape index (κ2) is 7.25. The van der Waals surface area contributed by atoms with E-state index in [0.29, 0.717) is 5.56 Å². The number of nitrogens with two attached hydrogens (primary N) is 2. The van der Waals surface area contributed by atoms with Gasteiger partial charge < -0.3 is 27.0 Å². The standard InChI is InChI=1S/C13H17N3O5/c14-9(5-7-1-3-8(17)4-2-7)12(19)16-10(13(20)21)6-11(15)18/h1-4,9-10,17H,5-6,14H2,(H2,15,18)(H,16,19)(H,20,21)/t9?,10-/m1/s1. The molecular weight excluding hydrogens is 278 g/mol. The van der Waals surface area contributed by atoms with Crippen LogP contribution in [0.1, 0.15) is 12.0 Å². The average molecular weight is 295 g/mol. The van der Waals surface area contributed by atoms with Gasteiger partial charge in [-0.3, -0.25) is 9.59 Å². The number of carbonyl (C=O) groups is 3. The van der Waals surface area contributed by atoms with Crippen LogP contribution in [0.2, 0.25) is 0 Å². The number of phenolic OH excluding ortho intramolecular Hbond substituents is 1. The minimum Gasteiger partial charge on any atom is -0.508 e. The minimum atomic E-state index is -1.40. The van der Waals surface area contributed by atoms with Gasteiger partial charge in [0.05, 0.1) is 12.5 Å². The first-order chi connectivity index (χ1) is 9.79. The van der Waals surface area contributed by atoms with Crippen LogP contribution < -0.4 is 16.8 Å². The first-order valence-corrected chi connectivity index (χ1v) is 6.14. The van der Waals surface area contributed by atoms with Gasteiger partial charge in [-0.2, -0.15) is 0 Å². The number of rotatable bonds is 7. The fourth-order valence-electron chi connectivity index (χ4n) is 1.66. The third kappa shape index (κ3) is 5.49. The van der Waals surface area contributed by atoms with Crippen molar-refractivity contribution in [1.82, 2.24) is 5.32 Å². The van der Waals surface area contributed by atoms with Crippen LogP contribution in [0.15, 0.2) is 24.3 Å². The van der Waals surface area contributed by atoms with Gasteiger partial charge in [-0.1, -0.05) is 12.1 Å². The molecule has 1 aromatic carbocycles. The summed E-state index contributed by atoms with van der Waals surface area (Å²) in [4.78, 5) is 33.4. The Morgan fingerprint density at radius 3 is 2.24 bits per heavy atom. The largest absolute Gasteiger partial charge is 0.508 e. The van der Waals surface area contributed by atoms with Crippen LogP contribution in [0.5, 0.6) is 5.75 Å². The second-order valence-corrected chi connectivity index (χ2v) is 4.55. The van der Waals surface area contributed by atoms with E-state index in [2.05, 4.69) is 5.32 Å². The molecular formula is C13H17N3O5. The van der Waals surface area contributed by atoms with E-state index in [9.17, 15) is 14.4 Å². The Balaban J connectivity index is 2.62. The van der Waals surface area contributed by atoms with E-state index in [4.69, 9.17) is 21.7 Å².